The fourth-order valence-corrected chi connectivity index (χ4v) is 1.87. The van der Waals surface area contributed by atoms with E-state index >= 15 is 0 Å². The van der Waals surface area contributed by atoms with Gasteiger partial charge in [0, 0.05) is 10.0 Å². The molecule has 0 aromatic heterocycles. The first-order valence-corrected chi connectivity index (χ1v) is 5.38. The van der Waals surface area contributed by atoms with Gasteiger partial charge in [-0.25, -0.2) is 0 Å². The van der Waals surface area contributed by atoms with E-state index < -0.39 is 0 Å². The van der Waals surface area contributed by atoms with Crippen molar-refractivity contribution in [1.29, 1.82) is 0 Å². The van der Waals surface area contributed by atoms with E-state index in [9.17, 15) is 0 Å². The fraction of sp³-hybridized carbons (Fsp3) is 0.455. The van der Waals surface area contributed by atoms with Crippen LogP contribution < -0.4 is 4.74 Å². The Hall–Kier alpha value is -0.500. The van der Waals surface area contributed by atoms with Crippen molar-refractivity contribution in [2.24, 2.45) is 0 Å². The van der Waals surface area contributed by atoms with E-state index in [1.54, 1.807) is 0 Å². The van der Waals surface area contributed by atoms with Crippen LogP contribution in [-0.2, 0) is 6.42 Å². The summed E-state index contributed by atoms with van der Waals surface area (Å²) in [5.41, 5.74) is 1.25. The molecular formula is C11H15BrO. The van der Waals surface area contributed by atoms with Crippen LogP contribution >= 0.6 is 15.9 Å². The van der Waals surface area contributed by atoms with Crippen LogP contribution in [0.3, 0.4) is 0 Å². The van der Waals surface area contributed by atoms with E-state index in [2.05, 4.69) is 22.9 Å². The molecule has 0 fully saturated rings. The monoisotopic (exact) mass is 242 g/mol. The molecule has 1 aromatic carbocycles. The van der Waals surface area contributed by atoms with Gasteiger partial charge in [0.1, 0.15) is 5.75 Å². The van der Waals surface area contributed by atoms with Crippen LogP contribution in [0.1, 0.15) is 26.3 Å². The zero-order valence-electron chi connectivity index (χ0n) is 8.30. The molecule has 1 aromatic rings. The maximum absolute atomic E-state index is 5.69. The Labute approximate surface area is 88.2 Å². The second-order valence-electron chi connectivity index (χ2n) is 3.24. The van der Waals surface area contributed by atoms with Crippen molar-refractivity contribution in [2.75, 3.05) is 0 Å². The summed E-state index contributed by atoms with van der Waals surface area (Å²) in [4.78, 5) is 0. The predicted octanol–water partition coefficient (Wildman–Crippen LogP) is 3.80. The number of halogens is 1. The Bertz CT molecular complexity index is 281. The summed E-state index contributed by atoms with van der Waals surface area (Å²) in [5.74, 6) is 0.992. The predicted molar refractivity (Wildman–Crippen MR) is 59.3 cm³/mol. The lowest BCUT2D eigenvalue weighted by Crippen LogP contribution is -2.07. The van der Waals surface area contributed by atoms with Crippen molar-refractivity contribution in [3.8, 4) is 5.75 Å². The van der Waals surface area contributed by atoms with Gasteiger partial charge in [-0.1, -0.05) is 28.9 Å². The summed E-state index contributed by atoms with van der Waals surface area (Å²) in [6, 6.07) is 6.07. The van der Waals surface area contributed by atoms with Crippen LogP contribution in [0.5, 0.6) is 5.75 Å². The smallest absolute Gasteiger partial charge is 0.123 e. The van der Waals surface area contributed by atoms with Crippen molar-refractivity contribution in [3.63, 3.8) is 0 Å². The van der Waals surface area contributed by atoms with Gasteiger partial charge in [0.15, 0.2) is 0 Å². The molecule has 2 heteroatoms. The Balaban J connectivity index is 2.98. The van der Waals surface area contributed by atoms with Gasteiger partial charge in [-0.15, -0.1) is 0 Å². The topological polar surface area (TPSA) is 9.23 Å². The third kappa shape index (κ3) is 2.73. The summed E-state index contributed by atoms with van der Waals surface area (Å²) in [7, 11) is 0. The minimum atomic E-state index is 0.236. The number of ether oxygens (including phenoxy) is 1. The van der Waals surface area contributed by atoms with Crippen LogP contribution in [-0.4, -0.2) is 6.10 Å². The normalized spacial score (nSPS) is 10.5. The molecule has 13 heavy (non-hydrogen) atoms. The van der Waals surface area contributed by atoms with Gasteiger partial charge in [0.25, 0.3) is 0 Å². The van der Waals surface area contributed by atoms with Crippen molar-refractivity contribution in [1.82, 2.24) is 0 Å². The van der Waals surface area contributed by atoms with Crippen LogP contribution in [0.2, 0.25) is 0 Å². The Morgan fingerprint density at radius 1 is 1.38 bits per heavy atom. The SMILES string of the molecule is CCc1c(Br)cccc1OC(C)C. The molecule has 72 valence electrons. The molecule has 0 atom stereocenters. The lowest BCUT2D eigenvalue weighted by molar-refractivity contribution is 0.240. The van der Waals surface area contributed by atoms with Gasteiger partial charge in [-0.2, -0.15) is 0 Å². The van der Waals surface area contributed by atoms with Crippen molar-refractivity contribution in [2.45, 2.75) is 33.3 Å². The quantitative estimate of drug-likeness (QED) is 0.784. The molecule has 0 heterocycles. The minimum Gasteiger partial charge on any atom is -0.491 e. The molecule has 1 nitrogen and oxygen atoms in total. The maximum Gasteiger partial charge on any atom is 0.123 e. The average Bonchev–Trinajstić information content (AvgIpc) is 2.03. The van der Waals surface area contributed by atoms with E-state index in [4.69, 9.17) is 4.74 Å². The van der Waals surface area contributed by atoms with Gasteiger partial charge >= 0.3 is 0 Å². The molecule has 0 radical (unpaired) electrons. The molecule has 0 bridgehead atoms. The van der Waals surface area contributed by atoms with Gasteiger partial charge < -0.3 is 4.74 Å². The van der Waals surface area contributed by atoms with Crippen LogP contribution in [0.15, 0.2) is 22.7 Å². The zero-order valence-corrected chi connectivity index (χ0v) is 9.89. The molecule has 0 saturated heterocycles. The molecule has 0 aliphatic carbocycles. The number of benzene rings is 1. The van der Waals surface area contributed by atoms with E-state index in [0.29, 0.717) is 0 Å². The van der Waals surface area contributed by atoms with Crippen molar-refractivity contribution >= 4 is 15.9 Å². The lowest BCUT2D eigenvalue weighted by atomic mass is 10.1. The third-order valence-corrected chi connectivity index (χ3v) is 2.54. The van der Waals surface area contributed by atoms with Crippen LogP contribution in [0.25, 0.3) is 0 Å². The highest BCUT2D eigenvalue weighted by atomic mass is 79.9. The molecule has 0 saturated carbocycles. The van der Waals surface area contributed by atoms with E-state index in [1.807, 2.05) is 32.0 Å². The molecule has 0 unspecified atom stereocenters. The highest BCUT2D eigenvalue weighted by molar-refractivity contribution is 9.10. The Morgan fingerprint density at radius 2 is 2.08 bits per heavy atom. The van der Waals surface area contributed by atoms with Crippen LogP contribution in [0.4, 0.5) is 0 Å². The highest BCUT2D eigenvalue weighted by Crippen LogP contribution is 2.27. The molecule has 0 N–H and O–H groups in total. The van der Waals surface area contributed by atoms with Crippen molar-refractivity contribution < 1.29 is 4.74 Å². The van der Waals surface area contributed by atoms with Gasteiger partial charge in [-0.3, -0.25) is 0 Å². The second-order valence-corrected chi connectivity index (χ2v) is 4.09. The van der Waals surface area contributed by atoms with Crippen LogP contribution in [0, 0.1) is 0 Å². The maximum atomic E-state index is 5.69. The fourth-order valence-electron chi connectivity index (χ4n) is 1.25. The summed E-state index contributed by atoms with van der Waals surface area (Å²) in [6.07, 6.45) is 1.23. The first-order valence-electron chi connectivity index (χ1n) is 4.59. The highest BCUT2D eigenvalue weighted by Gasteiger charge is 2.06. The van der Waals surface area contributed by atoms with Crippen molar-refractivity contribution in [3.05, 3.63) is 28.2 Å². The molecular weight excluding hydrogens is 228 g/mol. The van der Waals surface area contributed by atoms with Gasteiger partial charge in [0.2, 0.25) is 0 Å². The largest absolute Gasteiger partial charge is 0.491 e. The first-order chi connectivity index (χ1) is 6.15. The Kier molecular flexibility index (Phi) is 3.79. The number of hydrogen-bond donors (Lipinski definition) is 0. The summed E-state index contributed by atoms with van der Waals surface area (Å²) >= 11 is 3.52. The molecule has 0 amide bonds. The lowest BCUT2D eigenvalue weighted by Gasteiger charge is -2.14. The molecule has 0 aliphatic heterocycles. The minimum absolute atomic E-state index is 0.236. The number of rotatable bonds is 3. The van der Waals surface area contributed by atoms with E-state index in [1.165, 1.54) is 5.56 Å². The molecule has 0 aliphatic rings. The standard InChI is InChI=1S/C11H15BrO/c1-4-9-10(12)6-5-7-11(9)13-8(2)3/h5-8H,4H2,1-3H3. The van der Waals surface area contributed by atoms with E-state index in [0.717, 1.165) is 16.6 Å². The second kappa shape index (κ2) is 4.66. The summed E-state index contributed by atoms with van der Waals surface area (Å²) in [6.45, 7) is 6.22. The van der Waals surface area contributed by atoms with Gasteiger partial charge in [-0.05, 0) is 32.4 Å². The molecule has 1 rings (SSSR count). The number of hydrogen-bond acceptors (Lipinski definition) is 1. The summed E-state index contributed by atoms with van der Waals surface area (Å²) < 4.78 is 6.82. The third-order valence-electron chi connectivity index (χ3n) is 1.79. The zero-order chi connectivity index (χ0) is 9.84. The van der Waals surface area contributed by atoms with Gasteiger partial charge in [0.05, 0.1) is 6.10 Å². The molecule has 0 spiro atoms. The van der Waals surface area contributed by atoms with E-state index in [-0.39, 0.29) is 6.10 Å². The summed E-state index contributed by atoms with van der Waals surface area (Å²) in [5, 5.41) is 0. The Morgan fingerprint density at radius 3 is 2.62 bits per heavy atom. The first kappa shape index (κ1) is 10.6. The average molecular weight is 243 g/mol.